The molecule has 0 aliphatic carbocycles. The topological polar surface area (TPSA) is 390 Å². The van der Waals surface area contributed by atoms with E-state index in [2.05, 4.69) is 59.8 Å². The molecule has 0 bridgehead atoms. The summed E-state index contributed by atoms with van der Waals surface area (Å²) in [7, 11) is 0. The number of nitrogens with two attached hydrogens (primary N) is 3. The van der Waals surface area contributed by atoms with Gasteiger partial charge in [0.2, 0.25) is 53.2 Å². The van der Waals surface area contributed by atoms with Gasteiger partial charge in [0.25, 0.3) is 0 Å². The van der Waals surface area contributed by atoms with Crippen LogP contribution in [0.3, 0.4) is 0 Å². The Kier molecular flexibility index (Phi) is 42.9. The summed E-state index contributed by atoms with van der Waals surface area (Å²) in [6, 6.07) is -9.51. The number of aliphatic carboxylic acids is 1. The third-order valence-electron chi connectivity index (χ3n) is 15.0. The summed E-state index contributed by atoms with van der Waals surface area (Å²) in [6.45, 7) is 24.0. The van der Waals surface area contributed by atoms with Crippen LogP contribution in [0.5, 0.6) is 0 Å². The third-order valence-corrected chi connectivity index (χ3v) is 15.0. The van der Waals surface area contributed by atoms with E-state index in [1.807, 2.05) is 62.3 Å². The number of carbonyl (C=O) groups excluding carboxylic acids is 9. The molecule has 0 heterocycles. The zero-order valence-corrected chi connectivity index (χ0v) is 55.5. The molecule has 0 saturated heterocycles. The summed E-state index contributed by atoms with van der Waals surface area (Å²) in [4.78, 5) is 141. The van der Waals surface area contributed by atoms with E-state index in [1.54, 1.807) is 20.8 Å². The normalized spacial score (nSPS) is 14.6. The van der Waals surface area contributed by atoms with Crippen LogP contribution in [0.15, 0.2) is 4.99 Å². The molecule has 0 fully saturated rings. The molecule has 9 atom stereocenters. The molecule has 502 valence electrons. The maximum atomic E-state index is 14.5. The number of hydrogen-bond acceptors (Lipinski definition) is 12. The van der Waals surface area contributed by atoms with Gasteiger partial charge in [0.1, 0.15) is 48.3 Å². The molecule has 0 aliphatic heterocycles. The summed E-state index contributed by atoms with van der Waals surface area (Å²) in [6.07, 6.45) is 15.2. The second-order valence-corrected chi connectivity index (χ2v) is 25.7. The van der Waals surface area contributed by atoms with Crippen LogP contribution in [0.1, 0.15) is 231 Å². The molecule has 0 unspecified atom stereocenters. The van der Waals surface area contributed by atoms with Crippen LogP contribution >= 0.6 is 0 Å². The predicted molar refractivity (Wildman–Crippen MR) is 342 cm³/mol. The highest BCUT2D eigenvalue weighted by Gasteiger charge is 2.37. The van der Waals surface area contributed by atoms with Crippen molar-refractivity contribution in [3.8, 4) is 0 Å². The van der Waals surface area contributed by atoms with Gasteiger partial charge in [-0.2, -0.15) is 0 Å². The number of nitrogens with zero attached hydrogens (tertiary/aromatic N) is 1. The van der Waals surface area contributed by atoms with Crippen molar-refractivity contribution in [3.05, 3.63) is 0 Å². The summed E-state index contributed by atoms with van der Waals surface area (Å²) in [5, 5.41) is 34.5. The lowest BCUT2D eigenvalue weighted by Crippen LogP contribution is -2.61. The fourth-order valence-corrected chi connectivity index (χ4v) is 9.88. The monoisotopic (exact) mass is 1230 g/mol. The van der Waals surface area contributed by atoms with Crippen molar-refractivity contribution in [1.82, 2.24) is 47.9 Å². The van der Waals surface area contributed by atoms with Gasteiger partial charge >= 0.3 is 5.97 Å². The number of nitrogens with one attached hydrogen (secondary N) is 9. The Balaban J connectivity index is 6.53. The van der Waals surface area contributed by atoms with E-state index in [0.29, 0.717) is 32.2 Å². The highest BCUT2D eigenvalue weighted by Crippen LogP contribution is 2.17. The van der Waals surface area contributed by atoms with E-state index < -0.39 is 113 Å². The molecule has 0 aliphatic rings. The maximum Gasteiger partial charge on any atom is 0.326 e. The molecular formula is C63H119N13O11. The summed E-state index contributed by atoms with van der Waals surface area (Å²) in [5.74, 6) is -8.57. The van der Waals surface area contributed by atoms with Crippen molar-refractivity contribution < 1.29 is 53.1 Å². The Hall–Kier alpha value is -6.07. The summed E-state index contributed by atoms with van der Waals surface area (Å²) >= 11 is 0. The molecule has 16 N–H and O–H groups in total. The first-order valence-corrected chi connectivity index (χ1v) is 32.6. The molecule has 24 nitrogen and oxygen atoms in total. The minimum Gasteiger partial charge on any atom is -0.480 e. The smallest absolute Gasteiger partial charge is 0.326 e. The first kappa shape index (κ1) is 80.9. The quantitative estimate of drug-likeness (QED) is 0.0220. The number of carboxylic acid groups (broad SMARTS) is 1. The van der Waals surface area contributed by atoms with Gasteiger partial charge in [-0.1, -0.05) is 161 Å². The van der Waals surface area contributed by atoms with Gasteiger partial charge < -0.3 is 70.2 Å². The standard InChI is InChI=1S/C63H119N13O11/c1-14-16-17-18-19-20-21-22-23-24-25-31-51(77)68-38-52(78)69-47(34-39(3)4)57(81)71-46(30-28-33-67-63(65)66)56(80)76-54(44(13)15-2)61(85)74-50(37-42(9)10)60(84)73-49(36-41(7)8)59(83)72-48(35-40(5)6)58(82)70-45(29-26-27-32-64)55(79)75-53(43(11)12)62(86)87/h39-50,53-54H,14-38,64H2,1-13H3,(H,68,77)(H,69,78)(H,70,82)(H,71,81)(H,72,83)(H,73,84)(H,74,85)(H,75,79)(H,76,80)(H,86,87)(H4,65,66,67)/t44-,45-,46-,47-,48-,49-,50-,53-,54-/m0/s1. The van der Waals surface area contributed by atoms with Crippen molar-refractivity contribution in [3.63, 3.8) is 0 Å². The number of hydrogen-bond donors (Lipinski definition) is 13. The Bertz CT molecular complexity index is 2100. The lowest BCUT2D eigenvalue weighted by Gasteiger charge is -2.30. The predicted octanol–water partition coefficient (Wildman–Crippen LogP) is 4.84. The number of guanidine groups is 1. The van der Waals surface area contributed by atoms with Gasteiger partial charge in [-0.25, -0.2) is 4.79 Å². The first-order chi connectivity index (χ1) is 41.0. The molecule has 0 aromatic carbocycles. The van der Waals surface area contributed by atoms with Gasteiger partial charge in [0.05, 0.1) is 6.54 Å². The van der Waals surface area contributed by atoms with Crippen molar-refractivity contribution in [2.75, 3.05) is 19.6 Å². The fraction of sp³-hybridized carbons (Fsp3) is 0.825. The van der Waals surface area contributed by atoms with Gasteiger partial charge in [-0.15, -0.1) is 0 Å². The zero-order valence-electron chi connectivity index (χ0n) is 55.5. The van der Waals surface area contributed by atoms with E-state index in [4.69, 9.17) is 17.2 Å². The molecular weight excluding hydrogens is 1110 g/mol. The van der Waals surface area contributed by atoms with Gasteiger partial charge in [-0.05, 0) is 106 Å². The molecule has 0 aromatic heterocycles. The Morgan fingerprint density at radius 1 is 0.414 bits per heavy atom. The molecule has 0 aromatic rings. The van der Waals surface area contributed by atoms with Crippen molar-refractivity contribution in [2.45, 2.75) is 280 Å². The van der Waals surface area contributed by atoms with Crippen molar-refractivity contribution >= 4 is 65.1 Å². The molecule has 9 amide bonds. The fourth-order valence-electron chi connectivity index (χ4n) is 9.88. The van der Waals surface area contributed by atoms with Crippen LogP contribution in [0.4, 0.5) is 0 Å². The number of carbonyl (C=O) groups is 10. The molecule has 0 radical (unpaired) electrons. The highest BCUT2D eigenvalue weighted by molar-refractivity contribution is 5.98. The lowest BCUT2D eigenvalue weighted by atomic mass is 9.95. The maximum absolute atomic E-state index is 14.5. The zero-order chi connectivity index (χ0) is 66.2. The second kappa shape index (κ2) is 46.1. The van der Waals surface area contributed by atoms with Crippen molar-refractivity contribution in [2.24, 2.45) is 57.7 Å². The lowest BCUT2D eigenvalue weighted by molar-refractivity contribution is -0.143. The highest BCUT2D eigenvalue weighted by atomic mass is 16.4. The largest absolute Gasteiger partial charge is 0.480 e. The van der Waals surface area contributed by atoms with E-state index >= 15 is 0 Å². The Morgan fingerprint density at radius 3 is 1.16 bits per heavy atom. The Morgan fingerprint density at radius 2 is 0.782 bits per heavy atom. The van der Waals surface area contributed by atoms with E-state index in [0.717, 1.165) is 19.3 Å². The van der Waals surface area contributed by atoms with Crippen LogP contribution < -0.4 is 65.1 Å². The van der Waals surface area contributed by atoms with Gasteiger partial charge in [0.15, 0.2) is 5.96 Å². The van der Waals surface area contributed by atoms with Crippen LogP contribution in [-0.2, 0) is 47.9 Å². The minimum absolute atomic E-state index is 0.0221. The molecule has 0 rings (SSSR count). The van der Waals surface area contributed by atoms with Crippen LogP contribution in [0.2, 0.25) is 0 Å². The minimum atomic E-state index is -1.25. The number of rotatable bonds is 49. The second-order valence-electron chi connectivity index (χ2n) is 25.7. The number of carboxylic acids is 1. The number of amides is 9. The number of aliphatic imine (C=N–C) groups is 1. The molecule has 0 spiro atoms. The van der Waals surface area contributed by atoms with E-state index in [1.165, 1.54) is 44.9 Å². The number of unbranched alkanes of at least 4 members (excludes halogenated alkanes) is 11. The van der Waals surface area contributed by atoms with Crippen molar-refractivity contribution in [1.29, 1.82) is 0 Å². The van der Waals surface area contributed by atoms with E-state index in [-0.39, 0.29) is 100.0 Å². The van der Waals surface area contributed by atoms with Crippen LogP contribution in [0.25, 0.3) is 0 Å². The molecule has 24 heteroatoms. The Labute approximate surface area is 521 Å². The molecule has 0 saturated carbocycles. The SMILES string of the molecule is CCCCCCCCCCCCCC(=O)NCC(=O)N[C@@H](CC(C)C)C(=O)N[C@@H](CCCN=C(N)N)C(=O)N[C@H](C(=O)N[C@@H](CC(C)C)C(=O)N[C@@H](CC(C)C)C(=O)N[C@@H](CC(C)C)C(=O)N[C@@H](CCCCN)C(=O)N[C@H](C(=O)O)C(C)C)[C@@H](C)CC. The molecule has 87 heavy (non-hydrogen) atoms. The van der Waals surface area contributed by atoms with E-state index in [9.17, 15) is 53.1 Å². The average molecular weight is 1230 g/mol. The summed E-state index contributed by atoms with van der Waals surface area (Å²) < 4.78 is 0. The van der Waals surface area contributed by atoms with Crippen LogP contribution in [0, 0.1) is 35.5 Å². The first-order valence-electron chi connectivity index (χ1n) is 32.6. The van der Waals surface area contributed by atoms with Crippen LogP contribution in [-0.4, -0.2) is 138 Å². The van der Waals surface area contributed by atoms with Gasteiger partial charge in [0, 0.05) is 13.0 Å². The third kappa shape index (κ3) is 37.4. The average Bonchev–Trinajstić information content (AvgIpc) is 2.81. The van der Waals surface area contributed by atoms with Gasteiger partial charge in [-0.3, -0.25) is 48.1 Å². The summed E-state index contributed by atoms with van der Waals surface area (Å²) in [5.41, 5.74) is 16.9.